The van der Waals surface area contributed by atoms with Crippen LogP contribution in [0.25, 0.3) is 0 Å². The van der Waals surface area contributed by atoms with E-state index in [4.69, 9.17) is 0 Å². The molecule has 0 unspecified atom stereocenters. The van der Waals surface area contributed by atoms with Crippen molar-refractivity contribution in [3.63, 3.8) is 0 Å². The molecule has 0 N–H and O–H groups in total. The van der Waals surface area contributed by atoms with Gasteiger partial charge in [-0.15, -0.1) is 6.58 Å². The first-order valence-electron chi connectivity index (χ1n) is 6.29. The second-order valence-electron chi connectivity index (χ2n) is 4.22. The van der Waals surface area contributed by atoms with Gasteiger partial charge in [0.05, 0.1) is 0 Å². The quantitative estimate of drug-likeness (QED) is 0.333. The van der Waals surface area contributed by atoms with Crippen molar-refractivity contribution in [1.29, 1.82) is 0 Å². The van der Waals surface area contributed by atoms with Crippen LogP contribution in [0.1, 0.15) is 51.4 Å². The van der Waals surface area contributed by atoms with E-state index in [1.807, 2.05) is 6.08 Å². The largest absolute Gasteiger partial charge is 0.456 e. The molecule has 18 heavy (non-hydrogen) atoms. The zero-order chi connectivity index (χ0) is 13.9. The third-order valence-corrected chi connectivity index (χ3v) is 2.44. The average molecular weight is 266 g/mol. The van der Waals surface area contributed by atoms with E-state index < -0.39 is 18.8 Å². The molecule has 106 valence electrons. The van der Waals surface area contributed by atoms with Crippen LogP contribution in [0.2, 0.25) is 0 Å². The van der Waals surface area contributed by atoms with Crippen LogP contribution in [0, 0.1) is 0 Å². The number of esters is 1. The lowest BCUT2D eigenvalue weighted by Crippen LogP contribution is -2.20. The Morgan fingerprint density at radius 2 is 1.61 bits per heavy atom. The fourth-order valence-corrected chi connectivity index (χ4v) is 1.50. The van der Waals surface area contributed by atoms with Crippen LogP contribution in [-0.4, -0.2) is 18.8 Å². The van der Waals surface area contributed by atoms with E-state index in [2.05, 4.69) is 11.3 Å². The van der Waals surface area contributed by atoms with Crippen molar-refractivity contribution in [3.8, 4) is 0 Å². The van der Waals surface area contributed by atoms with E-state index in [9.17, 15) is 18.0 Å². The van der Waals surface area contributed by atoms with Gasteiger partial charge in [0.25, 0.3) is 0 Å². The lowest BCUT2D eigenvalue weighted by Gasteiger charge is -2.07. The molecule has 0 aromatic heterocycles. The van der Waals surface area contributed by atoms with Gasteiger partial charge in [-0.3, -0.25) is 4.79 Å². The van der Waals surface area contributed by atoms with E-state index in [1.165, 1.54) is 0 Å². The minimum Gasteiger partial charge on any atom is -0.456 e. The maximum absolute atomic E-state index is 11.7. The Morgan fingerprint density at radius 3 is 2.17 bits per heavy atom. The highest BCUT2D eigenvalue weighted by Crippen LogP contribution is 2.15. The maximum atomic E-state index is 11.7. The van der Waals surface area contributed by atoms with Gasteiger partial charge in [0.1, 0.15) is 0 Å². The van der Waals surface area contributed by atoms with Crippen LogP contribution in [0.5, 0.6) is 0 Å². The Hall–Kier alpha value is -1.00. The summed E-state index contributed by atoms with van der Waals surface area (Å²) in [5.74, 6) is -0.765. The van der Waals surface area contributed by atoms with Crippen molar-refractivity contribution in [2.24, 2.45) is 0 Å². The summed E-state index contributed by atoms with van der Waals surface area (Å²) in [4.78, 5) is 10.9. The highest BCUT2D eigenvalue weighted by molar-refractivity contribution is 5.69. The van der Waals surface area contributed by atoms with Crippen LogP contribution >= 0.6 is 0 Å². The molecular formula is C13H21F3O2. The molecule has 0 atom stereocenters. The summed E-state index contributed by atoms with van der Waals surface area (Å²) in [5, 5.41) is 0. The third kappa shape index (κ3) is 13.1. The molecule has 5 heteroatoms. The Labute approximate surface area is 106 Å². The van der Waals surface area contributed by atoms with Gasteiger partial charge in [-0.2, -0.15) is 13.2 Å². The van der Waals surface area contributed by atoms with Crippen LogP contribution in [0.15, 0.2) is 12.7 Å². The molecule has 0 aromatic rings. The smallest absolute Gasteiger partial charge is 0.422 e. The minimum atomic E-state index is -4.43. The molecule has 2 nitrogen and oxygen atoms in total. The van der Waals surface area contributed by atoms with Gasteiger partial charge in [-0.25, -0.2) is 0 Å². The number of carbonyl (C=O) groups is 1. The topological polar surface area (TPSA) is 26.3 Å². The number of hydrogen-bond donors (Lipinski definition) is 0. The van der Waals surface area contributed by atoms with Crippen molar-refractivity contribution >= 4 is 5.97 Å². The van der Waals surface area contributed by atoms with E-state index >= 15 is 0 Å². The number of halogens is 3. The number of alkyl halides is 3. The minimum absolute atomic E-state index is 0.0722. The van der Waals surface area contributed by atoms with E-state index in [0.717, 1.165) is 38.5 Å². The first-order valence-corrected chi connectivity index (χ1v) is 6.29. The van der Waals surface area contributed by atoms with Crippen LogP contribution in [-0.2, 0) is 9.53 Å². The molecule has 0 aliphatic heterocycles. The molecule has 0 heterocycles. The fraction of sp³-hybridized carbons (Fsp3) is 0.769. The molecular weight excluding hydrogens is 245 g/mol. The number of carbonyl (C=O) groups excluding carboxylic acids is 1. The Morgan fingerprint density at radius 1 is 1.06 bits per heavy atom. The van der Waals surface area contributed by atoms with E-state index in [0.29, 0.717) is 6.42 Å². The van der Waals surface area contributed by atoms with Gasteiger partial charge in [-0.05, 0) is 19.3 Å². The predicted molar refractivity (Wildman–Crippen MR) is 64.1 cm³/mol. The highest BCUT2D eigenvalue weighted by atomic mass is 19.4. The van der Waals surface area contributed by atoms with Gasteiger partial charge in [0, 0.05) is 6.42 Å². The Bertz CT molecular complexity index is 237. The van der Waals surface area contributed by atoms with Gasteiger partial charge in [0.2, 0.25) is 0 Å². The van der Waals surface area contributed by atoms with Crippen molar-refractivity contribution < 1.29 is 22.7 Å². The van der Waals surface area contributed by atoms with Gasteiger partial charge < -0.3 is 4.74 Å². The molecule has 0 aromatic carbocycles. The van der Waals surface area contributed by atoms with Crippen molar-refractivity contribution in [1.82, 2.24) is 0 Å². The van der Waals surface area contributed by atoms with Gasteiger partial charge in [0.15, 0.2) is 6.61 Å². The monoisotopic (exact) mass is 266 g/mol. The molecule has 0 amide bonds. The highest BCUT2D eigenvalue weighted by Gasteiger charge is 2.29. The first kappa shape index (κ1) is 17.0. The average Bonchev–Trinajstić information content (AvgIpc) is 2.29. The lowest BCUT2D eigenvalue weighted by atomic mass is 10.1. The van der Waals surface area contributed by atoms with Crippen molar-refractivity contribution in [2.45, 2.75) is 57.5 Å². The summed E-state index contributed by atoms with van der Waals surface area (Å²) in [6.45, 7) is 2.15. The molecule has 0 radical (unpaired) electrons. The molecule has 0 bridgehead atoms. The normalized spacial score (nSPS) is 11.3. The van der Waals surface area contributed by atoms with Crippen molar-refractivity contribution in [3.05, 3.63) is 12.7 Å². The third-order valence-electron chi connectivity index (χ3n) is 2.44. The molecule has 0 saturated heterocycles. The lowest BCUT2D eigenvalue weighted by molar-refractivity contribution is -0.186. The molecule has 0 rings (SSSR count). The van der Waals surface area contributed by atoms with Crippen LogP contribution < -0.4 is 0 Å². The molecule has 0 aliphatic carbocycles. The first-order chi connectivity index (χ1) is 8.45. The van der Waals surface area contributed by atoms with Crippen molar-refractivity contribution in [2.75, 3.05) is 6.61 Å². The van der Waals surface area contributed by atoms with E-state index in [1.54, 1.807) is 0 Å². The zero-order valence-electron chi connectivity index (χ0n) is 10.6. The standard InChI is InChI=1S/C13H21F3O2/c1-2-3-4-5-6-7-8-9-10-12(17)18-11-13(14,15)16/h2H,1,3-11H2. The summed E-state index contributed by atoms with van der Waals surface area (Å²) < 4.78 is 39.3. The summed E-state index contributed by atoms with van der Waals surface area (Å²) in [5.41, 5.74) is 0. The molecule has 0 aliphatic rings. The molecule has 0 spiro atoms. The fourth-order valence-electron chi connectivity index (χ4n) is 1.50. The molecule has 0 saturated carbocycles. The second kappa shape index (κ2) is 9.97. The van der Waals surface area contributed by atoms with Crippen LogP contribution in [0.3, 0.4) is 0 Å². The number of hydrogen-bond acceptors (Lipinski definition) is 2. The van der Waals surface area contributed by atoms with Crippen LogP contribution in [0.4, 0.5) is 13.2 Å². The summed E-state index contributed by atoms with van der Waals surface area (Å²) in [7, 11) is 0. The Kier molecular flexibility index (Phi) is 9.42. The predicted octanol–water partition coefficient (Wildman–Crippen LogP) is 4.40. The molecule has 0 fully saturated rings. The van der Waals surface area contributed by atoms with Gasteiger partial charge in [-0.1, -0.05) is 31.8 Å². The number of rotatable bonds is 10. The van der Waals surface area contributed by atoms with E-state index in [-0.39, 0.29) is 6.42 Å². The number of ether oxygens (including phenoxy) is 1. The summed E-state index contributed by atoms with van der Waals surface area (Å²) >= 11 is 0. The SMILES string of the molecule is C=CCCCCCCCCC(=O)OCC(F)(F)F. The van der Waals surface area contributed by atoms with Gasteiger partial charge >= 0.3 is 12.1 Å². The second-order valence-corrected chi connectivity index (χ2v) is 4.22. The summed E-state index contributed by atoms with van der Waals surface area (Å²) in [6, 6.07) is 0. The maximum Gasteiger partial charge on any atom is 0.422 e. The summed E-state index contributed by atoms with van der Waals surface area (Å²) in [6.07, 6.45) is 4.34. The number of allylic oxidation sites excluding steroid dienone is 1. The number of unbranched alkanes of at least 4 members (excludes halogenated alkanes) is 6. The zero-order valence-corrected chi connectivity index (χ0v) is 10.6. The Balaban J connectivity index is 3.28.